The molecule has 0 aliphatic carbocycles. The summed E-state index contributed by atoms with van der Waals surface area (Å²) in [4.78, 5) is 4.31. The minimum atomic E-state index is -0.272. The third-order valence-electron chi connectivity index (χ3n) is 1.88. The molecule has 1 aromatic carbocycles. The van der Waals surface area contributed by atoms with Gasteiger partial charge in [0.15, 0.2) is 0 Å². The molecule has 1 heterocycles. The van der Waals surface area contributed by atoms with Crippen molar-refractivity contribution in [2.45, 2.75) is 5.88 Å². The van der Waals surface area contributed by atoms with E-state index in [0.717, 1.165) is 16.3 Å². The van der Waals surface area contributed by atoms with Crippen molar-refractivity contribution in [2.75, 3.05) is 0 Å². The number of benzene rings is 1. The van der Waals surface area contributed by atoms with Crippen LogP contribution in [0.25, 0.3) is 11.3 Å². The van der Waals surface area contributed by atoms with Gasteiger partial charge in [-0.25, -0.2) is 9.37 Å². The van der Waals surface area contributed by atoms with Crippen molar-refractivity contribution in [3.63, 3.8) is 0 Å². The van der Waals surface area contributed by atoms with Gasteiger partial charge in [0.25, 0.3) is 0 Å². The first kappa shape index (κ1) is 11.0. The molecule has 2 aromatic rings. The van der Waals surface area contributed by atoms with E-state index in [1.165, 1.54) is 17.4 Å². The highest BCUT2D eigenvalue weighted by Gasteiger charge is 2.06. The molecule has 0 bridgehead atoms. The normalized spacial score (nSPS) is 10.6. The maximum absolute atomic E-state index is 13.0. The monoisotopic (exact) mass is 305 g/mol. The van der Waals surface area contributed by atoms with E-state index in [1.54, 1.807) is 12.1 Å². The van der Waals surface area contributed by atoms with Gasteiger partial charge in [-0.15, -0.1) is 22.9 Å². The summed E-state index contributed by atoms with van der Waals surface area (Å²) in [5.41, 5.74) is 1.72. The summed E-state index contributed by atoms with van der Waals surface area (Å²) in [5, 5.41) is 2.78. The van der Waals surface area contributed by atoms with Gasteiger partial charge in [-0.3, -0.25) is 0 Å². The third-order valence-corrected chi connectivity index (χ3v) is 3.75. The number of alkyl halides is 1. The molecule has 0 fully saturated rings. The van der Waals surface area contributed by atoms with Crippen molar-refractivity contribution in [3.8, 4) is 11.3 Å². The van der Waals surface area contributed by atoms with Crippen LogP contribution in [-0.4, -0.2) is 4.98 Å². The SMILES string of the molecule is Fc1ccc(-c2csc(CCl)n2)cc1Br. The maximum Gasteiger partial charge on any atom is 0.137 e. The first-order valence-corrected chi connectivity index (χ1v) is 6.37. The topological polar surface area (TPSA) is 12.9 Å². The lowest BCUT2D eigenvalue weighted by Gasteiger charge is -1.98. The summed E-state index contributed by atoms with van der Waals surface area (Å²) in [6, 6.07) is 4.83. The van der Waals surface area contributed by atoms with Crippen LogP contribution in [0.2, 0.25) is 0 Å². The Hall–Kier alpha value is -0.450. The number of hydrogen-bond donors (Lipinski definition) is 0. The zero-order valence-corrected chi connectivity index (χ0v) is 10.7. The third kappa shape index (κ3) is 2.38. The smallest absolute Gasteiger partial charge is 0.137 e. The lowest BCUT2D eigenvalue weighted by Crippen LogP contribution is -1.82. The van der Waals surface area contributed by atoms with Crippen LogP contribution < -0.4 is 0 Å². The number of aromatic nitrogens is 1. The quantitative estimate of drug-likeness (QED) is 0.747. The van der Waals surface area contributed by atoms with Gasteiger partial charge in [-0.2, -0.15) is 0 Å². The van der Waals surface area contributed by atoms with Crippen LogP contribution in [0.15, 0.2) is 28.1 Å². The van der Waals surface area contributed by atoms with Crippen LogP contribution in [0.3, 0.4) is 0 Å². The number of halogens is 3. The Kier molecular flexibility index (Phi) is 3.38. The van der Waals surface area contributed by atoms with Gasteiger partial charge in [-0.1, -0.05) is 0 Å². The van der Waals surface area contributed by atoms with Crippen molar-refractivity contribution >= 4 is 38.9 Å². The van der Waals surface area contributed by atoms with Gasteiger partial charge in [0.2, 0.25) is 0 Å². The fraction of sp³-hybridized carbons (Fsp3) is 0.100. The molecule has 0 atom stereocenters. The Labute approximate surface area is 104 Å². The molecule has 1 aromatic heterocycles. The molecule has 0 saturated carbocycles. The zero-order valence-electron chi connectivity index (χ0n) is 7.51. The molecular formula is C10H6BrClFNS. The molecule has 0 N–H and O–H groups in total. The van der Waals surface area contributed by atoms with Crippen LogP contribution in [0.4, 0.5) is 4.39 Å². The summed E-state index contributed by atoms with van der Waals surface area (Å²) in [6.45, 7) is 0. The summed E-state index contributed by atoms with van der Waals surface area (Å²) < 4.78 is 13.4. The minimum absolute atomic E-state index is 0.272. The molecule has 0 unspecified atom stereocenters. The van der Waals surface area contributed by atoms with E-state index in [9.17, 15) is 4.39 Å². The molecule has 0 saturated heterocycles. The molecule has 0 radical (unpaired) electrons. The molecular weight excluding hydrogens is 301 g/mol. The highest BCUT2D eigenvalue weighted by molar-refractivity contribution is 9.10. The molecule has 78 valence electrons. The maximum atomic E-state index is 13.0. The zero-order chi connectivity index (χ0) is 10.8. The number of hydrogen-bond acceptors (Lipinski definition) is 2. The molecule has 0 aliphatic rings. The summed E-state index contributed by atoms with van der Waals surface area (Å²) in [6.07, 6.45) is 0. The van der Waals surface area contributed by atoms with E-state index in [1.807, 2.05) is 5.38 Å². The average molecular weight is 307 g/mol. The fourth-order valence-corrected chi connectivity index (χ4v) is 2.44. The van der Waals surface area contributed by atoms with Gasteiger partial charge in [0, 0.05) is 10.9 Å². The summed E-state index contributed by atoms with van der Waals surface area (Å²) in [7, 11) is 0. The molecule has 0 spiro atoms. The van der Waals surface area contributed by atoms with Crippen molar-refractivity contribution in [2.24, 2.45) is 0 Å². The molecule has 0 aliphatic heterocycles. The highest BCUT2D eigenvalue weighted by atomic mass is 79.9. The Balaban J connectivity index is 2.40. The summed E-state index contributed by atoms with van der Waals surface area (Å²) in [5.74, 6) is 0.138. The van der Waals surface area contributed by atoms with Gasteiger partial charge in [0.1, 0.15) is 10.8 Å². The van der Waals surface area contributed by atoms with Crippen LogP contribution in [-0.2, 0) is 5.88 Å². The predicted octanol–water partition coefficient (Wildman–Crippen LogP) is 4.45. The Bertz CT molecular complexity index is 486. The van der Waals surface area contributed by atoms with Gasteiger partial charge >= 0.3 is 0 Å². The molecule has 2 rings (SSSR count). The van der Waals surface area contributed by atoms with Gasteiger partial charge in [0.05, 0.1) is 16.0 Å². The largest absolute Gasteiger partial charge is 0.240 e. The fourth-order valence-electron chi connectivity index (χ4n) is 1.16. The van der Waals surface area contributed by atoms with Crippen LogP contribution in [0.1, 0.15) is 5.01 Å². The number of nitrogens with zero attached hydrogens (tertiary/aromatic N) is 1. The highest BCUT2D eigenvalue weighted by Crippen LogP contribution is 2.26. The van der Waals surface area contributed by atoms with E-state index in [4.69, 9.17) is 11.6 Å². The molecule has 5 heteroatoms. The first-order chi connectivity index (χ1) is 7.20. The van der Waals surface area contributed by atoms with Crippen molar-refractivity contribution in [1.82, 2.24) is 4.98 Å². The van der Waals surface area contributed by atoms with E-state index in [0.29, 0.717) is 10.4 Å². The van der Waals surface area contributed by atoms with E-state index < -0.39 is 0 Å². The lowest BCUT2D eigenvalue weighted by molar-refractivity contribution is 0.621. The second-order valence-corrected chi connectivity index (χ2v) is 4.95. The first-order valence-electron chi connectivity index (χ1n) is 4.16. The number of rotatable bonds is 2. The second-order valence-electron chi connectivity index (χ2n) is 2.89. The second kappa shape index (κ2) is 4.60. The van der Waals surface area contributed by atoms with Gasteiger partial charge in [-0.05, 0) is 34.1 Å². The minimum Gasteiger partial charge on any atom is -0.240 e. The molecule has 15 heavy (non-hydrogen) atoms. The number of thiazole rings is 1. The van der Waals surface area contributed by atoms with E-state index >= 15 is 0 Å². The van der Waals surface area contributed by atoms with Crippen LogP contribution in [0, 0.1) is 5.82 Å². The molecule has 0 amide bonds. The van der Waals surface area contributed by atoms with E-state index in [-0.39, 0.29) is 5.82 Å². The van der Waals surface area contributed by atoms with E-state index in [2.05, 4.69) is 20.9 Å². The van der Waals surface area contributed by atoms with Crippen LogP contribution in [0.5, 0.6) is 0 Å². The molecule has 1 nitrogen and oxygen atoms in total. The van der Waals surface area contributed by atoms with Gasteiger partial charge < -0.3 is 0 Å². The standard InChI is InChI=1S/C10H6BrClFNS/c11-7-3-6(1-2-8(7)13)9-5-15-10(4-12)14-9/h1-3,5H,4H2. The summed E-state index contributed by atoms with van der Waals surface area (Å²) >= 11 is 10.3. The Morgan fingerprint density at radius 2 is 2.27 bits per heavy atom. The lowest BCUT2D eigenvalue weighted by atomic mass is 10.2. The van der Waals surface area contributed by atoms with Crippen molar-refractivity contribution < 1.29 is 4.39 Å². The average Bonchev–Trinajstić information content (AvgIpc) is 2.70. The Morgan fingerprint density at radius 3 is 2.87 bits per heavy atom. The van der Waals surface area contributed by atoms with Crippen molar-refractivity contribution in [3.05, 3.63) is 38.9 Å². The predicted molar refractivity (Wildman–Crippen MR) is 64.8 cm³/mol. The van der Waals surface area contributed by atoms with Crippen molar-refractivity contribution in [1.29, 1.82) is 0 Å². The van der Waals surface area contributed by atoms with Crippen LogP contribution >= 0.6 is 38.9 Å². The Morgan fingerprint density at radius 1 is 1.47 bits per heavy atom.